The van der Waals surface area contributed by atoms with Gasteiger partial charge in [0.2, 0.25) is 0 Å². The molecule has 1 saturated carbocycles. The van der Waals surface area contributed by atoms with Crippen LogP contribution < -0.4 is 5.32 Å². The van der Waals surface area contributed by atoms with E-state index in [0.717, 1.165) is 24.2 Å². The Balaban J connectivity index is 2.73. The van der Waals surface area contributed by atoms with Crippen LogP contribution in [0.25, 0.3) is 0 Å². The first-order valence-electron chi connectivity index (χ1n) is 8.12. The highest BCUT2D eigenvalue weighted by Crippen LogP contribution is 2.35. The first-order chi connectivity index (χ1) is 8.75. The molecule has 2 heteroatoms. The Kier molecular flexibility index (Phi) is 6.32. The lowest BCUT2D eigenvalue weighted by Gasteiger charge is -2.43. The Labute approximate surface area is 120 Å². The van der Waals surface area contributed by atoms with Crippen molar-refractivity contribution in [3.63, 3.8) is 0 Å². The van der Waals surface area contributed by atoms with Crippen LogP contribution in [0.15, 0.2) is 0 Å². The van der Waals surface area contributed by atoms with Crippen LogP contribution in [0.2, 0.25) is 0 Å². The van der Waals surface area contributed by atoms with Crippen molar-refractivity contribution in [1.29, 1.82) is 0 Å². The summed E-state index contributed by atoms with van der Waals surface area (Å²) in [6.45, 7) is 14.2. The van der Waals surface area contributed by atoms with Crippen LogP contribution >= 0.6 is 0 Å². The van der Waals surface area contributed by atoms with Crippen molar-refractivity contribution in [3.8, 4) is 0 Å². The van der Waals surface area contributed by atoms with Crippen molar-refractivity contribution in [2.24, 2.45) is 23.2 Å². The fourth-order valence-corrected chi connectivity index (χ4v) is 3.55. The minimum atomic E-state index is 0.213. The molecule has 0 heterocycles. The highest BCUT2D eigenvalue weighted by Gasteiger charge is 2.34. The lowest BCUT2D eigenvalue weighted by Crippen LogP contribution is -2.51. The third-order valence-electron chi connectivity index (χ3n) is 4.90. The highest BCUT2D eigenvalue weighted by atomic mass is 16.3. The summed E-state index contributed by atoms with van der Waals surface area (Å²) in [6, 6.07) is 1.04. The van der Waals surface area contributed by atoms with Gasteiger partial charge in [-0.1, -0.05) is 48.0 Å². The van der Waals surface area contributed by atoms with Gasteiger partial charge in [-0.05, 0) is 42.4 Å². The second kappa shape index (κ2) is 7.08. The van der Waals surface area contributed by atoms with Crippen LogP contribution in [0.1, 0.15) is 67.2 Å². The minimum Gasteiger partial charge on any atom is -0.396 e. The summed E-state index contributed by atoms with van der Waals surface area (Å²) in [4.78, 5) is 0. The minimum absolute atomic E-state index is 0.213. The Hall–Kier alpha value is -0.0800. The van der Waals surface area contributed by atoms with E-state index in [1.807, 2.05) is 0 Å². The van der Waals surface area contributed by atoms with Crippen LogP contribution in [-0.4, -0.2) is 23.8 Å². The number of nitrogens with one attached hydrogen (secondary N) is 1. The molecule has 0 spiro atoms. The predicted molar refractivity (Wildman–Crippen MR) is 83.2 cm³/mol. The molecule has 0 aromatic rings. The first kappa shape index (κ1) is 17.0. The Morgan fingerprint density at radius 1 is 1.21 bits per heavy atom. The molecule has 0 aromatic carbocycles. The van der Waals surface area contributed by atoms with Crippen LogP contribution in [-0.2, 0) is 0 Å². The van der Waals surface area contributed by atoms with Gasteiger partial charge in [-0.2, -0.15) is 0 Å². The molecule has 4 unspecified atom stereocenters. The quantitative estimate of drug-likeness (QED) is 0.795. The molecule has 1 rings (SSSR count). The van der Waals surface area contributed by atoms with Gasteiger partial charge < -0.3 is 10.4 Å². The summed E-state index contributed by atoms with van der Waals surface area (Å²) in [5, 5.41) is 13.2. The summed E-state index contributed by atoms with van der Waals surface area (Å²) >= 11 is 0. The number of hydrogen-bond donors (Lipinski definition) is 2. The van der Waals surface area contributed by atoms with Gasteiger partial charge >= 0.3 is 0 Å². The molecule has 0 saturated heterocycles. The SMILES string of the molecule is CC1CCC(C(C)C)C(NC(CCO)C(C)(C)C)C1. The predicted octanol–water partition coefficient (Wildman–Crippen LogP) is 3.83. The molecule has 0 aliphatic heterocycles. The van der Waals surface area contributed by atoms with Gasteiger partial charge in [0.05, 0.1) is 0 Å². The summed E-state index contributed by atoms with van der Waals surface area (Å²) in [5.74, 6) is 2.38. The molecule has 1 aliphatic carbocycles. The first-order valence-corrected chi connectivity index (χ1v) is 8.12. The standard InChI is InChI=1S/C17H35NO/c1-12(2)14-8-7-13(3)11-15(14)18-16(9-10-19)17(4,5)6/h12-16,18-19H,7-11H2,1-6H3. The molecule has 19 heavy (non-hydrogen) atoms. The van der Waals surface area contributed by atoms with E-state index < -0.39 is 0 Å². The zero-order valence-electron chi connectivity index (χ0n) is 13.9. The highest BCUT2D eigenvalue weighted by molar-refractivity contribution is 4.90. The van der Waals surface area contributed by atoms with E-state index in [-0.39, 0.29) is 12.0 Å². The van der Waals surface area contributed by atoms with Crippen molar-refractivity contribution >= 4 is 0 Å². The van der Waals surface area contributed by atoms with Crippen molar-refractivity contribution in [2.75, 3.05) is 6.61 Å². The molecular formula is C17H35NO. The molecule has 0 radical (unpaired) electrons. The van der Waals surface area contributed by atoms with Gasteiger partial charge in [-0.3, -0.25) is 0 Å². The maximum Gasteiger partial charge on any atom is 0.0446 e. The molecule has 2 nitrogen and oxygen atoms in total. The molecule has 2 N–H and O–H groups in total. The fourth-order valence-electron chi connectivity index (χ4n) is 3.55. The lowest BCUT2D eigenvalue weighted by molar-refractivity contribution is 0.117. The van der Waals surface area contributed by atoms with E-state index in [1.165, 1.54) is 19.3 Å². The fraction of sp³-hybridized carbons (Fsp3) is 1.00. The van der Waals surface area contributed by atoms with Gasteiger partial charge in [0.15, 0.2) is 0 Å². The number of aliphatic hydroxyl groups is 1. The summed E-state index contributed by atoms with van der Waals surface area (Å²) < 4.78 is 0. The average Bonchev–Trinajstić information content (AvgIpc) is 2.26. The van der Waals surface area contributed by atoms with Crippen LogP contribution in [0, 0.1) is 23.2 Å². The normalized spacial score (nSPS) is 30.6. The summed E-state index contributed by atoms with van der Waals surface area (Å²) in [5.41, 5.74) is 0.213. The maximum absolute atomic E-state index is 9.32. The zero-order valence-corrected chi connectivity index (χ0v) is 13.9. The smallest absolute Gasteiger partial charge is 0.0446 e. The van der Waals surface area contributed by atoms with Crippen LogP contribution in [0.5, 0.6) is 0 Å². The number of aliphatic hydroxyl groups excluding tert-OH is 1. The van der Waals surface area contributed by atoms with Crippen molar-refractivity contribution in [3.05, 3.63) is 0 Å². The van der Waals surface area contributed by atoms with E-state index >= 15 is 0 Å². The second-order valence-electron chi connectivity index (χ2n) is 8.03. The molecular weight excluding hydrogens is 234 g/mol. The van der Waals surface area contributed by atoms with Crippen LogP contribution in [0.4, 0.5) is 0 Å². The van der Waals surface area contributed by atoms with E-state index in [2.05, 4.69) is 46.9 Å². The molecule has 1 aliphatic rings. The van der Waals surface area contributed by atoms with Gasteiger partial charge in [0.1, 0.15) is 0 Å². The Bertz CT molecular complexity index is 256. The molecule has 4 atom stereocenters. The van der Waals surface area contributed by atoms with Gasteiger partial charge in [-0.25, -0.2) is 0 Å². The number of rotatable bonds is 5. The molecule has 0 aromatic heterocycles. The largest absolute Gasteiger partial charge is 0.396 e. The molecule has 0 amide bonds. The maximum atomic E-state index is 9.32. The second-order valence-corrected chi connectivity index (χ2v) is 8.03. The molecule has 114 valence electrons. The van der Waals surface area contributed by atoms with Crippen molar-refractivity contribution < 1.29 is 5.11 Å². The van der Waals surface area contributed by atoms with Crippen molar-refractivity contribution in [2.45, 2.75) is 79.3 Å². The number of hydrogen-bond acceptors (Lipinski definition) is 2. The average molecular weight is 269 g/mol. The van der Waals surface area contributed by atoms with E-state index in [0.29, 0.717) is 12.1 Å². The topological polar surface area (TPSA) is 32.3 Å². The molecule has 0 bridgehead atoms. The van der Waals surface area contributed by atoms with E-state index in [1.54, 1.807) is 0 Å². The zero-order chi connectivity index (χ0) is 14.6. The Morgan fingerprint density at radius 3 is 2.32 bits per heavy atom. The van der Waals surface area contributed by atoms with Gasteiger partial charge in [0, 0.05) is 18.7 Å². The lowest BCUT2D eigenvalue weighted by atomic mass is 9.73. The third kappa shape index (κ3) is 5.07. The third-order valence-corrected chi connectivity index (χ3v) is 4.90. The summed E-state index contributed by atoms with van der Waals surface area (Å²) in [7, 11) is 0. The van der Waals surface area contributed by atoms with Gasteiger partial charge in [0.25, 0.3) is 0 Å². The monoisotopic (exact) mass is 269 g/mol. The van der Waals surface area contributed by atoms with Gasteiger partial charge in [-0.15, -0.1) is 0 Å². The van der Waals surface area contributed by atoms with E-state index in [9.17, 15) is 5.11 Å². The van der Waals surface area contributed by atoms with E-state index in [4.69, 9.17) is 0 Å². The molecule has 1 fully saturated rings. The Morgan fingerprint density at radius 2 is 1.84 bits per heavy atom. The van der Waals surface area contributed by atoms with Crippen molar-refractivity contribution in [1.82, 2.24) is 5.32 Å². The van der Waals surface area contributed by atoms with Crippen LogP contribution in [0.3, 0.4) is 0 Å². The summed E-state index contributed by atoms with van der Waals surface area (Å²) in [6.07, 6.45) is 4.88.